The average molecular weight is 135 g/mol. The average Bonchev–Trinajstić information content (AvgIpc) is 1.77. The molecule has 0 spiro atoms. The number of alkyl halides is 1. The fourth-order valence-corrected chi connectivity index (χ4v) is 1.35. The van der Waals surface area contributed by atoms with Crippen molar-refractivity contribution in [3.05, 3.63) is 0 Å². The van der Waals surface area contributed by atoms with E-state index in [2.05, 4.69) is 0 Å². The van der Waals surface area contributed by atoms with Gasteiger partial charge in [-0.3, -0.25) is 0 Å². The number of hydrogen-bond donors (Lipinski definition) is 1. The first-order valence-corrected chi connectivity index (χ1v) is 3.56. The predicted molar refractivity (Wildman–Crippen MR) is 34.1 cm³/mol. The van der Waals surface area contributed by atoms with E-state index in [0.717, 1.165) is 19.3 Å². The van der Waals surface area contributed by atoms with Gasteiger partial charge in [-0.25, -0.2) is 0 Å². The summed E-state index contributed by atoms with van der Waals surface area (Å²) in [5, 5.41) is 9.08. The SMILES string of the molecule is O[C@H]1CCCC[C@@H]1Cl. The van der Waals surface area contributed by atoms with Crippen molar-refractivity contribution in [2.75, 3.05) is 0 Å². The summed E-state index contributed by atoms with van der Waals surface area (Å²) >= 11 is 5.72. The van der Waals surface area contributed by atoms with Crippen LogP contribution in [0.1, 0.15) is 25.7 Å². The molecule has 0 aromatic rings. The number of rotatable bonds is 0. The van der Waals surface area contributed by atoms with Crippen molar-refractivity contribution in [1.29, 1.82) is 0 Å². The largest absolute Gasteiger partial charge is 0.392 e. The second-order valence-electron chi connectivity index (χ2n) is 2.37. The fourth-order valence-electron chi connectivity index (χ4n) is 1.07. The number of aliphatic hydroxyl groups is 1. The highest BCUT2D eigenvalue weighted by atomic mass is 35.5. The van der Waals surface area contributed by atoms with E-state index >= 15 is 0 Å². The number of hydrogen-bond acceptors (Lipinski definition) is 1. The minimum absolute atomic E-state index is 0.0312. The summed E-state index contributed by atoms with van der Waals surface area (Å²) in [5.74, 6) is 0. The molecule has 0 heterocycles. The van der Waals surface area contributed by atoms with Gasteiger partial charge in [0.1, 0.15) is 0 Å². The Balaban J connectivity index is 2.28. The summed E-state index contributed by atoms with van der Waals surface area (Å²) in [6, 6.07) is 0. The maximum Gasteiger partial charge on any atom is 0.0703 e. The fraction of sp³-hybridized carbons (Fsp3) is 1.00. The molecule has 0 aliphatic heterocycles. The number of halogens is 1. The third-order valence-electron chi connectivity index (χ3n) is 1.65. The zero-order valence-electron chi connectivity index (χ0n) is 4.81. The molecule has 0 saturated heterocycles. The van der Waals surface area contributed by atoms with E-state index in [9.17, 15) is 0 Å². The van der Waals surface area contributed by atoms with Crippen LogP contribution in [0.3, 0.4) is 0 Å². The molecule has 2 heteroatoms. The first-order chi connectivity index (χ1) is 3.80. The molecule has 0 unspecified atom stereocenters. The Morgan fingerprint density at radius 3 is 2.25 bits per heavy atom. The molecule has 1 nitrogen and oxygen atoms in total. The Morgan fingerprint density at radius 1 is 1.25 bits per heavy atom. The van der Waals surface area contributed by atoms with E-state index < -0.39 is 0 Å². The van der Waals surface area contributed by atoms with Gasteiger partial charge in [0.2, 0.25) is 0 Å². The second kappa shape index (κ2) is 2.70. The smallest absolute Gasteiger partial charge is 0.0703 e. The maximum atomic E-state index is 9.05. The van der Waals surface area contributed by atoms with Gasteiger partial charge in [0.25, 0.3) is 0 Å². The van der Waals surface area contributed by atoms with Crippen molar-refractivity contribution in [3.63, 3.8) is 0 Å². The van der Waals surface area contributed by atoms with Crippen LogP contribution in [0.5, 0.6) is 0 Å². The van der Waals surface area contributed by atoms with Gasteiger partial charge in [-0.15, -0.1) is 11.6 Å². The molecular formula is C6H11ClO. The standard InChI is InChI=1S/C6H11ClO/c7-5-3-1-2-4-6(5)8/h5-6,8H,1-4H2/t5-,6-/m0/s1. The van der Waals surface area contributed by atoms with Gasteiger partial charge in [0.15, 0.2) is 0 Å². The van der Waals surface area contributed by atoms with Gasteiger partial charge >= 0.3 is 0 Å². The normalized spacial score (nSPS) is 39.8. The molecule has 0 aromatic carbocycles. The zero-order chi connectivity index (χ0) is 5.98. The van der Waals surface area contributed by atoms with Crippen LogP contribution in [-0.2, 0) is 0 Å². The molecule has 1 saturated carbocycles. The minimum Gasteiger partial charge on any atom is -0.392 e. The molecule has 1 rings (SSSR count). The van der Waals surface area contributed by atoms with Crippen molar-refractivity contribution in [3.8, 4) is 0 Å². The van der Waals surface area contributed by atoms with Gasteiger partial charge in [0, 0.05) is 0 Å². The van der Waals surface area contributed by atoms with E-state index in [1.165, 1.54) is 6.42 Å². The molecule has 8 heavy (non-hydrogen) atoms. The molecule has 1 fully saturated rings. The Hall–Kier alpha value is 0.250. The van der Waals surface area contributed by atoms with E-state index in [-0.39, 0.29) is 11.5 Å². The first kappa shape index (κ1) is 6.37. The van der Waals surface area contributed by atoms with Gasteiger partial charge in [-0.2, -0.15) is 0 Å². The van der Waals surface area contributed by atoms with Crippen LogP contribution in [0.4, 0.5) is 0 Å². The van der Waals surface area contributed by atoms with Crippen molar-refractivity contribution in [1.82, 2.24) is 0 Å². The molecule has 0 radical (unpaired) electrons. The Bertz CT molecular complexity index is 64.9. The Labute approximate surface area is 54.7 Å². The zero-order valence-corrected chi connectivity index (χ0v) is 5.56. The lowest BCUT2D eigenvalue weighted by atomic mass is 9.98. The third kappa shape index (κ3) is 1.36. The maximum absolute atomic E-state index is 9.05. The molecule has 0 amide bonds. The highest BCUT2D eigenvalue weighted by Crippen LogP contribution is 2.22. The summed E-state index contributed by atoms with van der Waals surface area (Å²) < 4.78 is 0. The van der Waals surface area contributed by atoms with E-state index in [0.29, 0.717) is 0 Å². The van der Waals surface area contributed by atoms with Crippen LogP contribution in [0.25, 0.3) is 0 Å². The monoisotopic (exact) mass is 134 g/mol. The van der Waals surface area contributed by atoms with Crippen molar-refractivity contribution in [2.45, 2.75) is 37.2 Å². The molecule has 2 atom stereocenters. The van der Waals surface area contributed by atoms with Gasteiger partial charge < -0.3 is 5.11 Å². The highest BCUT2D eigenvalue weighted by Gasteiger charge is 2.19. The van der Waals surface area contributed by atoms with Crippen LogP contribution < -0.4 is 0 Å². The van der Waals surface area contributed by atoms with Crippen LogP contribution in [0, 0.1) is 0 Å². The van der Waals surface area contributed by atoms with Gasteiger partial charge in [-0.1, -0.05) is 12.8 Å². The summed E-state index contributed by atoms with van der Waals surface area (Å²) in [5.41, 5.74) is 0. The first-order valence-electron chi connectivity index (χ1n) is 3.13. The lowest BCUT2D eigenvalue weighted by Crippen LogP contribution is -2.24. The summed E-state index contributed by atoms with van der Waals surface area (Å²) in [6.45, 7) is 0. The molecule has 0 aromatic heterocycles. The third-order valence-corrected chi connectivity index (χ3v) is 2.16. The van der Waals surface area contributed by atoms with E-state index in [4.69, 9.17) is 16.7 Å². The lowest BCUT2D eigenvalue weighted by molar-refractivity contribution is 0.134. The predicted octanol–water partition coefficient (Wildman–Crippen LogP) is 1.53. The van der Waals surface area contributed by atoms with Crippen molar-refractivity contribution in [2.24, 2.45) is 0 Å². The molecule has 1 aliphatic rings. The van der Waals surface area contributed by atoms with Crippen LogP contribution >= 0.6 is 11.6 Å². The topological polar surface area (TPSA) is 20.2 Å². The van der Waals surface area contributed by atoms with Crippen molar-refractivity contribution < 1.29 is 5.11 Å². The quantitative estimate of drug-likeness (QED) is 0.499. The van der Waals surface area contributed by atoms with Gasteiger partial charge in [-0.05, 0) is 12.8 Å². The van der Waals surface area contributed by atoms with Crippen LogP contribution in [0.2, 0.25) is 0 Å². The number of aliphatic hydroxyl groups excluding tert-OH is 1. The molecular weight excluding hydrogens is 124 g/mol. The Morgan fingerprint density at radius 2 is 1.88 bits per heavy atom. The van der Waals surface area contributed by atoms with Crippen molar-refractivity contribution >= 4 is 11.6 Å². The molecule has 0 bridgehead atoms. The summed E-state index contributed by atoms with van der Waals surface area (Å²) in [4.78, 5) is 0. The molecule has 48 valence electrons. The molecule has 1 N–H and O–H groups in total. The van der Waals surface area contributed by atoms with Crippen LogP contribution in [0.15, 0.2) is 0 Å². The van der Waals surface area contributed by atoms with E-state index in [1.54, 1.807) is 0 Å². The molecule has 1 aliphatic carbocycles. The van der Waals surface area contributed by atoms with Gasteiger partial charge in [0.05, 0.1) is 11.5 Å². The second-order valence-corrected chi connectivity index (χ2v) is 2.93. The Kier molecular flexibility index (Phi) is 2.15. The van der Waals surface area contributed by atoms with E-state index in [1.807, 2.05) is 0 Å². The summed E-state index contributed by atoms with van der Waals surface area (Å²) in [6.07, 6.45) is 3.98. The summed E-state index contributed by atoms with van der Waals surface area (Å²) in [7, 11) is 0. The van der Waals surface area contributed by atoms with Crippen LogP contribution in [-0.4, -0.2) is 16.6 Å². The minimum atomic E-state index is -0.231. The highest BCUT2D eigenvalue weighted by molar-refractivity contribution is 6.21. The lowest BCUT2D eigenvalue weighted by Gasteiger charge is -2.21.